The van der Waals surface area contributed by atoms with Crippen molar-refractivity contribution in [2.75, 3.05) is 0 Å². The number of rotatable bonds is 5. The van der Waals surface area contributed by atoms with E-state index >= 15 is 0 Å². The van der Waals surface area contributed by atoms with Crippen molar-refractivity contribution in [1.82, 2.24) is 4.98 Å². The van der Waals surface area contributed by atoms with Gasteiger partial charge < -0.3 is 5.11 Å². The van der Waals surface area contributed by atoms with Crippen molar-refractivity contribution in [2.24, 2.45) is 11.8 Å². The van der Waals surface area contributed by atoms with E-state index in [1.54, 1.807) is 18.3 Å². The highest BCUT2D eigenvalue weighted by molar-refractivity contribution is 5.99. The number of carbonyl (C=O) groups is 2. The zero-order chi connectivity index (χ0) is 13.7. The zero-order valence-corrected chi connectivity index (χ0v) is 10.9. The summed E-state index contributed by atoms with van der Waals surface area (Å²) in [7, 11) is 0. The molecule has 4 heteroatoms. The van der Waals surface area contributed by atoms with Crippen molar-refractivity contribution in [3.05, 3.63) is 30.1 Å². The summed E-state index contributed by atoms with van der Waals surface area (Å²) in [5, 5.41) is 9.04. The second-order valence-corrected chi connectivity index (χ2v) is 5.21. The first-order valence-electron chi connectivity index (χ1n) is 6.84. The minimum absolute atomic E-state index is 0.0672. The van der Waals surface area contributed by atoms with Gasteiger partial charge in [-0.05, 0) is 30.9 Å². The minimum Gasteiger partial charge on any atom is -0.481 e. The fourth-order valence-corrected chi connectivity index (χ4v) is 2.92. The number of aliphatic carboxylic acids is 1. The third-order valence-electron chi connectivity index (χ3n) is 3.90. The molecule has 19 heavy (non-hydrogen) atoms. The SMILES string of the molecule is O=C(O)CC(C(=O)c1cccnc1)C1CCCCC1. The molecule has 1 N–H and O–H groups in total. The highest BCUT2D eigenvalue weighted by Gasteiger charge is 2.31. The van der Waals surface area contributed by atoms with Crippen LogP contribution in [0.25, 0.3) is 0 Å². The molecule has 1 fully saturated rings. The summed E-state index contributed by atoms with van der Waals surface area (Å²) in [5.74, 6) is -1.16. The van der Waals surface area contributed by atoms with E-state index in [4.69, 9.17) is 5.11 Å². The summed E-state index contributed by atoms with van der Waals surface area (Å²) in [6.07, 6.45) is 8.38. The van der Waals surface area contributed by atoms with Crippen LogP contribution in [-0.4, -0.2) is 21.8 Å². The van der Waals surface area contributed by atoms with Gasteiger partial charge in [0, 0.05) is 23.9 Å². The molecule has 0 radical (unpaired) electrons. The normalized spacial score (nSPS) is 17.9. The molecule has 102 valence electrons. The Bertz CT molecular complexity index is 438. The van der Waals surface area contributed by atoms with Gasteiger partial charge in [0.15, 0.2) is 5.78 Å². The Hall–Kier alpha value is -1.71. The lowest BCUT2D eigenvalue weighted by Crippen LogP contribution is -2.28. The van der Waals surface area contributed by atoms with E-state index in [9.17, 15) is 9.59 Å². The Labute approximate surface area is 112 Å². The molecule has 0 aromatic carbocycles. The number of ketones is 1. The maximum Gasteiger partial charge on any atom is 0.304 e. The number of hydrogen-bond acceptors (Lipinski definition) is 3. The van der Waals surface area contributed by atoms with Crippen molar-refractivity contribution < 1.29 is 14.7 Å². The van der Waals surface area contributed by atoms with E-state index < -0.39 is 11.9 Å². The number of nitrogens with zero attached hydrogens (tertiary/aromatic N) is 1. The molecule has 1 atom stereocenters. The quantitative estimate of drug-likeness (QED) is 0.827. The Balaban J connectivity index is 2.16. The van der Waals surface area contributed by atoms with Crippen LogP contribution in [0.5, 0.6) is 0 Å². The van der Waals surface area contributed by atoms with Gasteiger partial charge >= 0.3 is 5.97 Å². The number of aromatic nitrogens is 1. The lowest BCUT2D eigenvalue weighted by molar-refractivity contribution is -0.138. The molecule has 1 unspecified atom stereocenters. The lowest BCUT2D eigenvalue weighted by atomic mass is 9.75. The molecular formula is C15H19NO3. The van der Waals surface area contributed by atoms with Crippen LogP contribution in [0.15, 0.2) is 24.5 Å². The smallest absolute Gasteiger partial charge is 0.304 e. The van der Waals surface area contributed by atoms with E-state index in [-0.39, 0.29) is 18.1 Å². The van der Waals surface area contributed by atoms with Gasteiger partial charge in [0.25, 0.3) is 0 Å². The van der Waals surface area contributed by atoms with Crippen molar-refractivity contribution in [3.8, 4) is 0 Å². The predicted molar refractivity (Wildman–Crippen MR) is 70.9 cm³/mol. The minimum atomic E-state index is -0.896. The van der Waals surface area contributed by atoms with Crippen LogP contribution in [0.3, 0.4) is 0 Å². The number of Topliss-reactive ketones (excluding diaryl/α,β-unsaturated/α-hetero) is 1. The average molecular weight is 261 g/mol. The van der Waals surface area contributed by atoms with Crippen LogP contribution in [0.2, 0.25) is 0 Å². The molecule has 0 saturated heterocycles. The molecule has 0 aliphatic heterocycles. The predicted octanol–water partition coefficient (Wildman–Crippen LogP) is 2.94. The average Bonchev–Trinajstić information content (AvgIpc) is 2.46. The van der Waals surface area contributed by atoms with Gasteiger partial charge in [-0.1, -0.05) is 19.3 Å². The third-order valence-corrected chi connectivity index (χ3v) is 3.90. The number of pyridine rings is 1. The van der Waals surface area contributed by atoms with Gasteiger partial charge in [-0.15, -0.1) is 0 Å². The zero-order valence-electron chi connectivity index (χ0n) is 10.9. The van der Waals surface area contributed by atoms with Crippen LogP contribution in [0.1, 0.15) is 48.9 Å². The first-order valence-corrected chi connectivity index (χ1v) is 6.84. The van der Waals surface area contributed by atoms with E-state index in [0.717, 1.165) is 25.7 Å². The molecule has 0 spiro atoms. The fraction of sp³-hybridized carbons (Fsp3) is 0.533. The Morgan fingerprint density at radius 3 is 2.63 bits per heavy atom. The van der Waals surface area contributed by atoms with E-state index in [1.165, 1.54) is 12.6 Å². The molecule has 4 nitrogen and oxygen atoms in total. The van der Waals surface area contributed by atoms with E-state index in [2.05, 4.69) is 4.98 Å². The fourth-order valence-electron chi connectivity index (χ4n) is 2.92. The van der Waals surface area contributed by atoms with Crippen LogP contribution in [0.4, 0.5) is 0 Å². The molecule has 0 amide bonds. The topological polar surface area (TPSA) is 67.3 Å². The van der Waals surface area contributed by atoms with Gasteiger partial charge in [0.1, 0.15) is 0 Å². The summed E-state index contributed by atoms with van der Waals surface area (Å²) in [6.45, 7) is 0. The second kappa shape index (κ2) is 6.45. The first-order chi connectivity index (χ1) is 9.18. The summed E-state index contributed by atoms with van der Waals surface area (Å²) in [6, 6.07) is 3.43. The van der Waals surface area contributed by atoms with Crippen LogP contribution in [0, 0.1) is 11.8 Å². The summed E-state index contributed by atoms with van der Waals surface area (Å²) < 4.78 is 0. The number of carbonyl (C=O) groups excluding carboxylic acids is 1. The molecule has 2 rings (SSSR count). The Kier molecular flexibility index (Phi) is 4.66. The summed E-state index contributed by atoms with van der Waals surface area (Å²) >= 11 is 0. The van der Waals surface area contributed by atoms with Crippen LogP contribution >= 0.6 is 0 Å². The number of carboxylic acids is 1. The van der Waals surface area contributed by atoms with Crippen LogP contribution < -0.4 is 0 Å². The van der Waals surface area contributed by atoms with E-state index in [0.29, 0.717) is 5.56 Å². The standard InChI is InChI=1S/C15H19NO3/c17-14(18)9-13(11-5-2-1-3-6-11)15(19)12-7-4-8-16-10-12/h4,7-8,10-11,13H,1-3,5-6,9H2,(H,17,18). The van der Waals surface area contributed by atoms with Gasteiger partial charge in [-0.25, -0.2) is 0 Å². The molecule has 0 bridgehead atoms. The summed E-state index contributed by atoms with van der Waals surface area (Å²) in [5.41, 5.74) is 0.527. The van der Waals surface area contributed by atoms with Crippen molar-refractivity contribution in [3.63, 3.8) is 0 Å². The summed E-state index contributed by atoms with van der Waals surface area (Å²) in [4.78, 5) is 27.4. The third kappa shape index (κ3) is 3.63. The lowest BCUT2D eigenvalue weighted by Gasteiger charge is -2.28. The Morgan fingerprint density at radius 1 is 1.32 bits per heavy atom. The number of carboxylic acid groups (broad SMARTS) is 1. The van der Waals surface area contributed by atoms with Gasteiger partial charge in [-0.3, -0.25) is 14.6 Å². The molecule has 1 aromatic rings. The highest BCUT2D eigenvalue weighted by atomic mass is 16.4. The van der Waals surface area contributed by atoms with Crippen molar-refractivity contribution >= 4 is 11.8 Å². The van der Waals surface area contributed by atoms with Gasteiger partial charge in [-0.2, -0.15) is 0 Å². The van der Waals surface area contributed by atoms with Crippen molar-refractivity contribution in [2.45, 2.75) is 38.5 Å². The monoisotopic (exact) mass is 261 g/mol. The molecule has 1 aliphatic rings. The largest absolute Gasteiger partial charge is 0.481 e. The maximum atomic E-state index is 12.5. The molecule has 1 saturated carbocycles. The molecule has 1 aliphatic carbocycles. The van der Waals surface area contributed by atoms with Crippen molar-refractivity contribution in [1.29, 1.82) is 0 Å². The molecule has 1 heterocycles. The highest BCUT2D eigenvalue weighted by Crippen LogP contribution is 2.33. The van der Waals surface area contributed by atoms with Crippen LogP contribution in [-0.2, 0) is 4.79 Å². The van der Waals surface area contributed by atoms with Gasteiger partial charge in [0.2, 0.25) is 0 Å². The maximum absolute atomic E-state index is 12.5. The number of hydrogen-bond donors (Lipinski definition) is 1. The molecular weight excluding hydrogens is 242 g/mol. The second-order valence-electron chi connectivity index (χ2n) is 5.21. The first kappa shape index (κ1) is 13.7. The van der Waals surface area contributed by atoms with E-state index in [1.807, 2.05) is 0 Å². The Morgan fingerprint density at radius 2 is 2.05 bits per heavy atom. The van der Waals surface area contributed by atoms with Gasteiger partial charge in [0.05, 0.1) is 6.42 Å². The molecule has 1 aromatic heterocycles.